The molecule has 0 aliphatic carbocycles. The number of rotatable bonds is 8. The molecule has 0 saturated carbocycles. The third kappa shape index (κ3) is 6.37. The highest BCUT2D eigenvalue weighted by atomic mass is 79.9. The molecule has 0 bridgehead atoms. The van der Waals surface area contributed by atoms with Crippen molar-refractivity contribution >= 4 is 27.5 Å². The number of benzene rings is 3. The molecular formula is C23H19BrN2O3. The second-order valence-corrected chi connectivity index (χ2v) is 7.13. The molecule has 0 heterocycles. The summed E-state index contributed by atoms with van der Waals surface area (Å²) in [7, 11) is 0. The first kappa shape index (κ1) is 20.4. The van der Waals surface area contributed by atoms with E-state index in [4.69, 9.17) is 14.7 Å². The first-order chi connectivity index (χ1) is 14.1. The number of carbonyl (C=O) groups is 1. The van der Waals surface area contributed by atoms with E-state index in [0.717, 1.165) is 15.6 Å². The summed E-state index contributed by atoms with van der Waals surface area (Å²) in [4.78, 5) is 12.3. The molecule has 0 radical (unpaired) electrons. The van der Waals surface area contributed by atoms with Crippen LogP contribution in [-0.2, 0) is 17.8 Å². The van der Waals surface area contributed by atoms with Crippen molar-refractivity contribution in [2.75, 3.05) is 11.9 Å². The molecule has 1 amide bonds. The minimum atomic E-state index is -0.249. The van der Waals surface area contributed by atoms with E-state index in [9.17, 15) is 4.79 Å². The lowest BCUT2D eigenvalue weighted by Gasteiger charge is -2.13. The Morgan fingerprint density at radius 3 is 2.31 bits per heavy atom. The van der Waals surface area contributed by atoms with Crippen molar-refractivity contribution in [3.05, 3.63) is 88.4 Å². The lowest BCUT2D eigenvalue weighted by molar-refractivity contribution is -0.118. The van der Waals surface area contributed by atoms with Gasteiger partial charge in [0.2, 0.25) is 0 Å². The Morgan fingerprint density at radius 1 is 0.931 bits per heavy atom. The number of nitrogens with zero attached hydrogens (tertiary/aromatic N) is 1. The Morgan fingerprint density at radius 2 is 1.59 bits per heavy atom. The Labute approximate surface area is 178 Å². The molecule has 5 nitrogen and oxygen atoms in total. The fraction of sp³-hybridized carbons (Fsp3) is 0.130. The summed E-state index contributed by atoms with van der Waals surface area (Å²) >= 11 is 3.36. The van der Waals surface area contributed by atoms with E-state index in [1.165, 1.54) is 0 Å². The third-order valence-corrected chi connectivity index (χ3v) is 4.60. The van der Waals surface area contributed by atoms with Crippen molar-refractivity contribution in [3.63, 3.8) is 0 Å². The van der Waals surface area contributed by atoms with Crippen LogP contribution in [0.25, 0.3) is 0 Å². The van der Waals surface area contributed by atoms with E-state index in [1.807, 2.05) is 60.7 Å². The number of ether oxygens (including phenoxy) is 2. The zero-order valence-corrected chi connectivity index (χ0v) is 17.2. The van der Waals surface area contributed by atoms with Crippen molar-refractivity contribution < 1.29 is 14.3 Å². The predicted molar refractivity (Wildman–Crippen MR) is 115 cm³/mol. The largest absolute Gasteiger partial charge is 0.489 e. The molecule has 0 saturated heterocycles. The number of para-hydroxylation sites is 1. The van der Waals surface area contributed by atoms with Gasteiger partial charge in [-0.3, -0.25) is 4.79 Å². The molecule has 3 rings (SSSR count). The molecule has 3 aromatic rings. The molecule has 0 aliphatic rings. The van der Waals surface area contributed by atoms with Crippen LogP contribution < -0.4 is 14.8 Å². The summed E-state index contributed by atoms with van der Waals surface area (Å²) in [6.07, 6.45) is 0.372. The Balaban J connectivity index is 1.56. The molecule has 146 valence electrons. The fourth-order valence-corrected chi connectivity index (χ4v) is 2.85. The maximum Gasteiger partial charge on any atom is 0.262 e. The van der Waals surface area contributed by atoms with Gasteiger partial charge in [0.1, 0.15) is 18.1 Å². The lowest BCUT2D eigenvalue weighted by Crippen LogP contribution is -2.21. The lowest BCUT2D eigenvalue weighted by atomic mass is 10.1. The van der Waals surface area contributed by atoms with Crippen molar-refractivity contribution in [2.45, 2.75) is 13.0 Å². The Hall–Kier alpha value is -3.30. The average molecular weight is 451 g/mol. The Kier molecular flexibility index (Phi) is 7.26. The number of halogens is 1. The summed E-state index contributed by atoms with van der Waals surface area (Å²) in [5, 5.41) is 11.6. The SMILES string of the molecule is N#CCc1ccc(OCc2ccccc2NC(=O)COc2ccc(Br)cc2)cc1. The summed E-state index contributed by atoms with van der Waals surface area (Å²) in [6.45, 7) is 0.221. The minimum absolute atomic E-state index is 0.0861. The maximum atomic E-state index is 12.3. The predicted octanol–water partition coefficient (Wildman–Crippen LogP) is 5.11. The van der Waals surface area contributed by atoms with Crippen LogP contribution in [-0.4, -0.2) is 12.5 Å². The summed E-state index contributed by atoms with van der Waals surface area (Å²) < 4.78 is 12.3. The number of amides is 1. The van der Waals surface area contributed by atoms with Gasteiger partial charge in [-0.05, 0) is 48.0 Å². The van der Waals surface area contributed by atoms with Gasteiger partial charge in [-0.1, -0.05) is 46.3 Å². The first-order valence-electron chi connectivity index (χ1n) is 8.99. The van der Waals surface area contributed by atoms with Gasteiger partial charge < -0.3 is 14.8 Å². The van der Waals surface area contributed by atoms with Gasteiger partial charge in [-0.2, -0.15) is 5.26 Å². The van der Waals surface area contributed by atoms with E-state index < -0.39 is 0 Å². The molecule has 1 N–H and O–H groups in total. The van der Waals surface area contributed by atoms with E-state index in [-0.39, 0.29) is 12.5 Å². The number of anilines is 1. The highest BCUT2D eigenvalue weighted by molar-refractivity contribution is 9.10. The molecule has 0 unspecified atom stereocenters. The van der Waals surface area contributed by atoms with Crippen LogP contribution in [0.15, 0.2) is 77.3 Å². The average Bonchev–Trinajstić information content (AvgIpc) is 2.74. The van der Waals surface area contributed by atoms with Crippen molar-refractivity contribution in [2.24, 2.45) is 0 Å². The maximum absolute atomic E-state index is 12.3. The molecule has 3 aromatic carbocycles. The van der Waals surface area contributed by atoms with Gasteiger partial charge in [0.05, 0.1) is 12.5 Å². The second kappa shape index (κ2) is 10.3. The highest BCUT2D eigenvalue weighted by Crippen LogP contribution is 2.20. The second-order valence-electron chi connectivity index (χ2n) is 6.22. The Bertz CT molecular complexity index is 996. The fourth-order valence-electron chi connectivity index (χ4n) is 2.59. The number of carbonyl (C=O) groups excluding carboxylic acids is 1. The monoisotopic (exact) mass is 450 g/mol. The zero-order chi connectivity index (χ0) is 20.5. The molecule has 6 heteroatoms. The highest BCUT2D eigenvalue weighted by Gasteiger charge is 2.08. The van der Waals surface area contributed by atoms with Crippen LogP contribution in [0.4, 0.5) is 5.69 Å². The van der Waals surface area contributed by atoms with Gasteiger partial charge >= 0.3 is 0 Å². The van der Waals surface area contributed by atoms with Crippen LogP contribution in [0.3, 0.4) is 0 Å². The van der Waals surface area contributed by atoms with Crippen LogP contribution in [0.2, 0.25) is 0 Å². The zero-order valence-electron chi connectivity index (χ0n) is 15.6. The van der Waals surface area contributed by atoms with E-state index in [2.05, 4.69) is 27.3 Å². The van der Waals surface area contributed by atoms with Crippen molar-refractivity contribution in [3.8, 4) is 17.6 Å². The standard InChI is InChI=1S/C23H19BrN2O3/c24-19-7-11-21(12-8-19)29-16-23(27)26-22-4-2-1-3-18(22)15-28-20-9-5-17(6-10-20)13-14-25/h1-12H,13,15-16H2,(H,26,27). The van der Waals surface area contributed by atoms with E-state index >= 15 is 0 Å². The van der Waals surface area contributed by atoms with Crippen LogP contribution in [0.1, 0.15) is 11.1 Å². The van der Waals surface area contributed by atoms with Crippen molar-refractivity contribution in [1.82, 2.24) is 0 Å². The third-order valence-electron chi connectivity index (χ3n) is 4.08. The van der Waals surface area contributed by atoms with E-state index in [1.54, 1.807) is 12.1 Å². The summed E-state index contributed by atoms with van der Waals surface area (Å²) in [6, 6.07) is 24.3. The van der Waals surface area contributed by atoms with Gasteiger partial charge in [-0.15, -0.1) is 0 Å². The van der Waals surface area contributed by atoms with Gasteiger partial charge in [0.15, 0.2) is 6.61 Å². The molecule has 0 spiro atoms. The quantitative estimate of drug-likeness (QED) is 0.517. The van der Waals surface area contributed by atoms with Crippen LogP contribution >= 0.6 is 15.9 Å². The smallest absolute Gasteiger partial charge is 0.262 e. The number of hydrogen-bond donors (Lipinski definition) is 1. The van der Waals surface area contributed by atoms with Crippen molar-refractivity contribution in [1.29, 1.82) is 5.26 Å². The number of nitriles is 1. The number of hydrogen-bond acceptors (Lipinski definition) is 4. The van der Waals surface area contributed by atoms with Gasteiger partial charge in [0.25, 0.3) is 5.91 Å². The normalized spacial score (nSPS) is 10.1. The topological polar surface area (TPSA) is 71.3 Å². The molecule has 0 aromatic heterocycles. The molecule has 0 aliphatic heterocycles. The molecular weight excluding hydrogens is 432 g/mol. The number of nitrogens with one attached hydrogen (secondary N) is 1. The van der Waals surface area contributed by atoms with Crippen LogP contribution in [0.5, 0.6) is 11.5 Å². The molecule has 0 atom stereocenters. The summed E-state index contributed by atoms with van der Waals surface area (Å²) in [5.74, 6) is 1.08. The first-order valence-corrected chi connectivity index (χ1v) is 9.78. The van der Waals surface area contributed by atoms with Crippen LogP contribution in [0, 0.1) is 11.3 Å². The van der Waals surface area contributed by atoms with Gasteiger partial charge in [0, 0.05) is 15.7 Å². The van der Waals surface area contributed by atoms with Gasteiger partial charge in [-0.25, -0.2) is 0 Å². The summed E-state index contributed by atoms with van der Waals surface area (Å²) in [5.41, 5.74) is 2.47. The molecule has 0 fully saturated rings. The molecule has 29 heavy (non-hydrogen) atoms. The van der Waals surface area contributed by atoms with E-state index in [0.29, 0.717) is 30.2 Å². The minimum Gasteiger partial charge on any atom is -0.489 e.